The smallest absolute Gasteiger partial charge is 0.223 e. The number of carbonyl (C=O) groups is 2. The number of amides is 1. The van der Waals surface area contributed by atoms with E-state index < -0.39 is 0 Å². The minimum absolute atomic E-state index is 0.0463. The first-order valence-electron chi connectivity index (χ1n) is 9.81. The van der Waals surface area contributed by atoms with E-state index in [0.29, 0.717) is 18.0 Å². The first-order valence-corrected chi connectivity index (χ1v) is 9.81. The number of hydrogen-bond donors (Lipinski definition) is 0. The van der Waals surface area contributed by atoms with Gasteiger partial charge in [0.1, 0.15) is 0 Å². The number of fused-ring (bicyclic) bond motifs is 3. The fourth-order valence-electron chi connectivity index (χ4n) is 4.22. The van der Waals surface area contributed by atoms with E-state index in [1.807, 2.05) is 36.1 Å². The summed E-state index contributed by atoms with van der Waals surface area (Å²) in [4.78, 5) is 29.5. The van der Waals surface area contributed by atoms with E-state index in [1.54, 1.807) is 0 Å². The third kappa shape index (κ3) is 3.81. The number of aryl methyl sites for hydroxylation is 1. The quantitative estimate of drug-likeness (QED) is 0.783. The Morgan fingerprint density at radius 3 is 2.56 bits per heavy atom. The number of piperazine rings is 1. The van der Waals surface area contributed by atoms with Crippen LogP contribution < -0.4 is 0 Å². The maximum absolute atomic E-state index is 12.7. The second-order valence-corrected chi connectivity index (χ2v) is 7.63. The summed E-state index contributed by atoms with van der Waals surface area (Å²) in [5.41, 5.74) is 4.59. The molecular weight excluding hydrogens is 336 g/mol. The fraction of sp³-hybridized carbons (Fsp3) is 0.391. The third-order valence-corrected chi connectivity index (χ3v) is 5.87. The molecule has 1 fully saturated rings. The molecule has 2 aliphatic heterocycles. The molecule has 1 saturated heterocycles. The molecule has 27 heavy (non-hydrogen) atoms. The van der Waals surface area contributed by atoms with Crippen LogP contribution >= 0.6 is 0 Å². The van der Waals surface area contributed by atoms with Crippen LogP contribution in [0.2, 0.25) is 0 Å². The van der Waals surface area contributed by atoms with E-state index in [-0.39, 0.29) is 18.1 Å². The van der Waals surface area contributed by atoms with Crippen LogP contribution in [-0.4, -0.2) is 47.7 Å². The van der Waals surface area contributed by atoms with Crippen LogP contribution in [0.4, 0.5) is 0 Å². The summed E-state index contributed by atoms with van der Waals surface area (Å²) in [5, 5.41) is 0. The minimum atomic E-state index is 0.0463. The Bertz CT molecular complexity index is 844. The van der Waals surface area contributed by atoms with E-state index in [4.69, 9.17) is 0 Å². The third-order valence-electron chi connectivity index (χ3n) is 5.87. The van der Waals surface area contributed by atoms with Gasteiger partial charge in [-0.25, -0.2) is 0 Å². The predicted octanol–water partition coefficient (Wildman–Crippen LogP) is 3.40. The zero-order chi connectivity index (χ0) is 18.8. The Hall–Kier alpha value is -2.46. The van der Waals surface area contributed by atoms with Crippen molar-refractivity contribution in [2.45, 2.75) is 32.2 Å². The standard InChI is InChI=1S/C23H26N2O2/c1-17-6-8-19(9-7-17)22(26)10-11-23(27)25-15-14-24-13-12-18-4-2-3-5-20(18)21(24)16-25/h2-9,21H,10-16H2,1H3. The second kappa shape index (κ2) is 7.65. The normalized spacial score (nSPS) is 19.3. The molecule has 2 aliphatic rings. The highest BCUT2D eigenvalue weighted by Crippen LogP contribution is 2.32. The molecule has 2 heterocycles. The monoisotopic (exact) mass is 362 g/mol. The number of nitrogens with zero attached hydrogens (tertiary/aromatic N) is 2. The Kier molecular flexibility index (Phi) is 5.08. The molecule has 0 saturated carbocycles. The van der Waals surface area contributed by atoms with Crippen molar-refractivity contribution in [1.82, 2.24) is 9.80 Å². The van der Waals surface area contributed by atoms with E-state index in [0.717, 1.165) is 38.2 Å². The number of Topliss-reactive ketones (excluding diaryl/α,β-unsaturated/α-hetero) is 1. The molecule has 2 aromatic carbocycles. The van der Waals surface area contributed by atoms with Gasteiger partial charge in [0, 0.05) is 44.6 Å². The number of hydrogen-bond acceptors (Lipinski definition) is 3. The van der Waals surface area contributed by atoms with Gasteiger partial charge in [-0.1, -0.05) is 54.1 Å². The van der Waals surface area contributed by atoms with Gasteiger partial charge in [0.2, 0.25) is 5.91 Å². The SMILES string of the molecule is Cc1ccc(C(=O)CCC(=O)N2CCN3CCc4ccccc4C3C2)cc1. The maximum Gasteiger partial charge on any atom is 0.223 e. The van der Waals surface area contributed by atoms with Gasteiger partial charge in [-0.2, -0.15) is 0 Å². The van der Waals surface area contributed by atoms with Crippen LogP contribution in [0, 0.1) is 6.92 Å². The first kappa shape index (κ1) is 17.9. The Morgan fingerprint density at radius 2 is 1.74 bits per heavy atom. The average molecular weight is 362 g/mol. The van der Waals surface area contributed by atoms with Gasteiger partial charge < -0.3 is 4.90 Å². The van der Waals surface area contributed by atoms with Crippen LogP contribution in [0.25, 0.3) is 0 Å². The summed E-state index contributed by atoms with van der Waals surface area (Å²) in [6, 6.07) is 16.4. The summed E-state index contributed by atoms with van der Waals surface area (Å²) < 4.78 is 0. The Morgan fingerprint density at radius 1 is 0.963 bits per heavy atom. The van der Waals surface area contributed by atoms with Crippen LogP contribution in [0.15, 0.2) is 48.5 Å². The summed E-state index contributed by atoms with van der Waals surface area (Å²) in [5.74, 6) is 0.142. The van der Waals surface area contributed by atoms with Gasteiger partial charge in [0.15, 0.2) is 5.78 Å². The van der Waals surface area contributed by atoms with Crippen molar-refractivity contribution in [3.05, 3.63) is 70.8 Å². The van der Waals surface area contributed by atoms with Gasteiger partial charge in [0.05, 0.1) is 6.04 Å². The molecule has 1 atom stereocenters. The molecule has 0 aliphatic carbocycles. The number of carbonyl (C=O) groups excluding carboxylic acids is 2. The van der Waals surface area contributed by atoms with Crippen LogP contribution in [-0.2, 0) is 11.2 Å². The molecule has 0 bridgehead atoms. The van der Waals surface area contributed by atoms with E-state index >= 15 is 0 Å². The summed E-state index contributed by atoms with van der Waals surface area (Å²) >= 11 is 0. The van der Waals surface area contributed by atoms with Crippen molar-refractivity contribution in [3.8, 4) is 0 Å². The highest BCUT2D eigenvalue weighted by molar-refractivity contribution is 5.98. The van der Waals surface area contributed by atoms with Crippen molar-refractivity contribution >= 4 is 11.7 Å². The van der Waals surface area contributed by atoms with Crippen molar-refractivity contribution in [2.24, 2.45) is 0 Å². The van der Waals surface area contributed by atoms with E-state index in [1.165, 1.54) is 11.1 Å². The van der Waals surface area contributed by atoms with E-state index in [9.17, 15) is 9.59 Å². The molecule has 0 aromatic heterocycles. The van der Waals surface area contributed by atoms with Gasteiger partial charge in [-0.3, -0.25) is 14.5 Å². The van der Waals surface area contributed by atoms with Gasteiger partial charge in [-0.15, -0.1) is 0 Å². The molecule has 0 radical (unpaired) electrons. The van der Waals surface area contributed by atoms with Gasteiger partial charge in [0.25, 0.3) is 0 Å². The Labute approximate surface area is 160 Å². The number of benzene rings is 2. The van der Waals surface area contributed by atoms with E-state index in [2.05, 4.69) is 29.2 Å². The molecule has 4 heteroatoms. The van der Waals surface area contributed by atoms with Crippen molar-refractivity contribution < 1.29 is 9.59 Å². The minimum Gasteiger partial charge on any atom is -0.339 e. The number of ketones is 1. The highest BCUT2D eigenvalue weighted by Gasteiger charge is 2.33. The topological polar surface area (TPSA) is 40.6 Å². The van der Waals surface area contributed by atoms with Crippen LogP contribution in [0.5, 0.6) is 0 Å². The first-order chi connectivity index (χ1) is 13.1. The lowest BCUT2D eigenvalue weighted by Crippen LogP contribution is -2.52. The molecule has 2 aromatic rings. The predicted molar refractivity (Wildman–Crippen MR) is 106 cm³/mol. The lowest BCUT2D eigenvalue weighted by Gasteiger charge is -2.45. The van der Waals surface area contributed by atoms with Crippen LogP contribution in [0.1, 0.15) is 45.9 Å². The lowest BCUT2D eigenvalue weighted by atomic mass is 9.91. The molecular formula is C23H26N2O2. The molecule has 0 N–H and O–H groups in total. The summed E-state index contributed by atoms with van der Waals surface area (Å²) in [6.45, 7) is 5.47. The molecule has 4 nitrogen and oxygen atoms in total. The van der Waals surface area contributed by atoms with Crippen LogP contribution in [0.3, 0.4) is 0 Å². The lowest BCUT2D eigenvalue weighted by molar-refractivity contribution is -0.134. The van der Waals surface area contributed by atoms with Crippen molar-refractivity contribution in [1.29, 1.82) is 0 Å². The second-order valence-electron chi connectivity index (χ2n) is 7.63. The molecule has 1 amide bonds. The van der Waals surface area contributed by atoms with Gasteiger partial charge >= 0.3 is 0 Å². The largest absolute Gasteiger partial charge is 0.339 e. The zero-order valence-electron chi connectivity index (χ0n) is 15.9. The Balaban J connectivity index is 1.37. The molecule has 1 unspecified atom stereocenters. The van der Waals surface area contributed by atoms with Gasteiger partial charge in [-0.05, 0) is 24.5 Å². The number of rotatable bonds is 4. The van der Waals surface area contributed by atoms with Crippen molar-refractivity contribution in [3.63, 3.8) is 0 Å². The fourth-order valence-corrected chi connectivity index (χ4v) is 4.22. The highest BCUT2D eigenvalue weighted by atomic mass is 16.2. The molecule has 140 valence electrons. The average Bonchev–Trinajstić information content (AvgIpc) is 2.71. The summed E-state index contributed by atoms with van der Waals surface area (Å²) in [7, 11) is 0. The molecule has 4 rings (SSSR count). The zero-order valence-corrected chi connectivity index (χ0v) is 15.9. The summed E-state index contributed by atoms with van der Waals surface area (Å²) in [6.07, 6.45) is 1.66. The maximum atomic E-state index is 12.7. The molecule has 0 spiro atoms. The van der Waals surface area contributed by atoms with Crippen molar-refractivity contribution in [2.75, 3.05) is 26.2 Å².